The molecule has 1 aromatic heterocycles. The molecule has 0 amide bonds. The zero-order valence-electron chi connectivity index (χ0n) is 13.4. The molecule has 0 aliphatic carbocycles. The van der Waals surface area contributed by atoms with E-state index in [1.807, 2.05) is 13.0 Å². The summed E-state index contributed by atoms with van der Waals surface area (Å²) in [5, 5.41) is 0. The topological polar surface area (TPSA) is 44.2 Å². The number of aryl methyl sites for hydroxylation is 1. The van der Waals surface area contributed by atoms with E-state index in [0.29, 0.717) is 11.8 Å². The van der Waals surface area contributed by atoms with Gasteiger partial charge in [0, 0.05) is 12.5 Å². The van der Waals surface area contributed by atoms with Gasteiger partial charge in [-0.15, -0.1) is 0 Å². The maximum atomic E-state index is 13.7. The summed E-state index contributed by atoms with van der Waals surface area (Å²) >= 11 is 0. The van der Waals surface area contributed by atoms with Gasteiger partial charge in [-0.1, -0.05) is 26.8 Å². The molecule has 5 heteroatoms. The van der Waals surface area contributed by atoms with E-state index >= 15 is 0 Å². The van der Waals surface area contributed by atoms with Crippen LogP contribution in [0.4, 0.5) is 4.39 Å². The third-order valence-electron chi connectivity index (χ3n) is 3.28. The van der Waals surface area contributed by atoms with Gasteiger partial charge in [0.25, 0.3) is 0 Å². The summed E-state index contributed by atoms with van der Waals surface area (Å²) in [5.74, 6) is 1.40. The third kappa shape index (κ3) is 3.93. The second-order valence-electron chi connectivity index (χ2n) is 5.31. The Labute approximate surface area is 130 Å². The first-order chi connectivity index (χ1) is 10.5. The molecule has 1 heterocycles. The van der Waals surface area contributed by atoms with Crippen LogP contribution in [-0.4, -0.2) is 17.1 Å². The van der Waals surface area contributed by atoms with Crippen molar-refractivity contribution in [3.63, 3.8) is 0 Å². The molecular formula is C17H21FN2O2. The van der Waals surface area contributed by atoms with Gasteiger partial charge in [-0.05, 0) is 23.6 Å². The van der Waals surface area contributed by atoms with Gasteiger partial charge in [-0.3, -0.25) is 0 Å². The van der Waals surface area contributed by atoms with E-state index in [2.05, 4.69) is 23.8 Å². The van der Waals surface area contributed by atoms with E-state index < -0.39 is 5.82 Å². The van der Waals surface area contributed by atoms with E-state index in [9.17, 15) is 4.39 Å². The molecule has 0 bridgehead atoms. The van der Waals surface area contributed by atoms with Crippen LogP contribution in [-0.2, 0) is 13.0 Å². The lowest BCUT2D eigenvalue weighted by Gasteiger charge is -2.11. The average Bonchev–Trinajstić information content (AvgIpc) is 2.52. The Morgan fingerprint density at radius 3 is 2.55 bits per heavy atom. The molecule has 0 aliphatic rings. The van der Waals surface area contributed by atoms with Crippen LogP contribution in [0.1, 0.15) is 43.8 Å². The fourth-order valence-corrected chi connectivity index (χ4v) is 1.98. The van der Waals surface area contributed by atoms with Crippen LogP contribution in [0.2, 0.25) is 0 Å². The first-order valence-electron chi connectivity index (χ1n) is 7.36. The monoisotopic (exact) mass is 304 g/mol. The standard InChI is InChI=1S/C17H21FN2O2/c1-5-16-19-14(11(2)3)9-17(20-16)22-10-12-6-7-15(21-4)13(18)8-12/h6-9,11H,5,10H2,1-4H3. The second-order valence-corrected chi connectivity index (χ2v) is 5.31. The van der Waals surface area contributed by atoms with Gasteiger partial charge >= 0.3 is 0 Å². The van der Waals surface area contributed by atoms with Gasteiger partial charge in [0.1, 0.15) is 12.4 Å². The maximum Gasteiger partial charge on any atom is 0.217 e. The minimum Gasteiger partial charge on any atom is -0.494 e. The van der Waals surface area contributed by atoms with Crippen molar-refractivity contribution in [3.8, 4) is 11.6 Å². The quantitative estimate of drug-likeness (QED) is 0.812. The Kier molecular flexibility index (Phi) is 5.31. The van der Waals surface area contributed by atoms with Crippen LogP contribution in [0.15, 0.2) is 24.3 Å². The number of halogens is 1. The Hall–Kier alpha value is -2.17. The number of hydrogen-bond donors (Lipinski definition) is 0. The molecule has 0 radical (unpaired) electrons. The lowest BCUT2D eigenvalue weighted by molar-refractivity contribution is 0.290. The molecule has 0 N–H and O–H groups in total. The number of methoxy groups -OCH3 is 1. The molecule has 0 atom stereocenters. The summed E-state index contributed by atoms with van der Waals surface area (Å²) in [4.78, 5) is 8.83. The highest BCUT2D eigenvalue weighted by molar-refractivity contribution is 5.29. The van der Waals surface area contributed by atoms with E-state index in [-0.39, 0.29) is 12.4 Å². The third-order valence-corrected chi connectivity index (χ3v) is 3.28. The van der Waals surface area contributed by atoms with E-state index in [1.165, 1.54) is 13.2 Å². The number of hydrogen-bond acceptors (Lipinski definition) is 4. The largest absolute Gasteiger partial charge is 0.494 e. The molecule has 118 valence electrons. The molecule has 2 rings (SSSR count). The number of nitrogens with zero attached hydrogens (tertiary/aromatic N) is 2. The molecule has 0 saturated carbocycles. The Morgan fingerprint density at radius 1 is 1.18 bits per heavy atom. The fraction of sp³-hybridized carbons (Fsp3) is 0.412. The van der Waals surface area contributed by atoms with Crippen LogP contribution in [0.25, 0.3) is 0 Å². The van der Waals surface area contributed by atoms with Gasteiger partial charge in [0.05, 0.1) is 12.8 Å². The highest BCUT2D eigenvalue weighted by Crippen LogP contribution is 2.21. The normalized spacial score (nSPS) is 10.8. The van der Waals surface area contributed by atoms with Crippen molar-refractivity contribution in [1.82, 2.24) is 9.97 Å². The molecule has 0 unspecified atom stereocenters. The summed E-state index contributed by atoms with van der Waals surface area (Å²) in [7, 11) is 1.44. The first kappa shape index (κ1) is 16.2. The second kappa shape index (κ2) is 7.20. The zero-order chi connectivity index (χ0) is 16.1. The molecule has 0 aliphatic heterocycles. The zero-order valence-corrected chi connectivity index (χ0v) is 13.4. The van der Waals surface area contributed by atoms with E-state index in [4.69, 9.17) is 9.47 Å². The lowest BCUT2D eigenvalue weighted by atomic mass is 10.1. The number of aromatic nitrogens is 2. The van der Waals surface area contributed by atoms with Crippen LogP contribution >= 0.6 is 0 Å². The van der Waals surface area contributed by atoms with E-state index in [0.717, 1.165) is 23.5 Å². The van der Waals surface area contributed by atoms with Gasteiger partial charge < -0.3 is 9.47 Å². The number of rotatable bonds is 6. The van der Waals surface area contributed by atoms with E-state index in [1.54, 1.807) is 12.1 Å². The number of benzene rings is 1. The van der Waals surface area contributed by atoms with Crippen molar-refractivity contribution in [3.05, 3.63) is 47.2 Å². The van der Waals surface area contributed by atoms with Crippen molar-refractivity contribution in [1.29, 1.82) is 0 Å². The fourth-order valence-electron chi connectivity index (χ4n) is 1.98. The van der Waals surface area contributed by atoms with Gasteiger partial charge in [0.15, 0.2) is 11.6 Å². The maximum absolute atomic E-state index is 13.7. The molecule has 1 aromatic carbocycles. The van der Waals surface area contributed by atoms with Gasteiger partial charge in [-0.2, -0.15) is 4.98 Å². The Morgan fingerprint density at radius 2 is 1.95 bits per heavy atom. The summed E-state index contributed by atoms with van der Waals surface area (Å²) < 4.78 is 24.3. The molecule has 2 aromatic rings. The summed E-state index contributed by atoms with van der Waals surface area (Å²) in [5.41, 5.74) is 1.67. The molecule has 4 nitrogen and oxygen atoms in total. The highest BCUT2D eigenvalue weighted by atomic mass is 19.1. The smallest absolute Gasteiger partial charge is 0.217 e. The molecular weight excluding hydrogens is 283 g/mol. The number of ether oxygens (including phenoxy) is 2. The molecule has 22 heavy (non-hydrogen) atoms. The van der Waals surface area contributed by atoms with Crippen molar-refractivity contribution in [2.45, 2.75) is 39.7 Å². The van der Waals surface area contributed by atoms with Crippen molar-refractivity contribution in [2.75, 3.05) is 7.11 Å². The predicted molar refractivity (Wildman–Crippen MR) is 82.8 cm³/mol. The molecule has 0 spiro atoms. The average molecular weight is 304 g/mol. The van der Waals surface area contributed by atoms with Crippen LogP contribution in [0.5, 0.6) is 11.6 Å². The molecule has 0 fully saturated rings. The Bertz CT molecular complexity index is 645. The lowest BCUT2D eigenvalue weighted by Crippen LogP contribution is -2.05. The van der Waals surface area contributed by atoms with Crippen LogP contribution in [0.3, 0.4) is 0 Å². The first-order valence-corrected chi connectivity index (χ1v) is 7.36. The predicted octanol–water partition coefficient (Wildman–Crippen LogP) is 3.89. The Balaban J connectivity index is 2.14. The highest BCUT2D eigenvalue weighted by Gasteiger charge is 2.09. The molecule has 0 saturated heterocycles. The minimum atomic E-state index is -0.400. The van der Waals surface area contributed by atoms with Crippen LogP contribution in [0, 0.1) is 5.82 Å². The van der Waals surface area contributed by atoms with Gasteiger partial charge in [-0.25, -0.2) is 9.37 Å². The summed E-state index contributed by atoms with van der Waals surface area (Å²) in [6, 6.07) is 6.60. The van der Waals surface area contributed by atoms with Crippen molar-refractivity contribution in [2.24, 2.45) is 0 Å². The minimum absolute atomic E-state index is 0.223. The van der Waals surface area contributed by atoms with Crippen molar-refractivity contribution < 1.29 is 13.9 Å². The van der Waals surface area contributed by atoms with Crippen molar-refractivity contribution >= 4 is 0 Å². The summed E-state index contributed by atoms with van der Waals surface area (Å²) in [6.07, 6.45) is 0.744. The SMILES string of the molecule is CCc1nc(OCc2ccc(OC)c(F)c2)cc(C(C)C)n1. The van der Waals surface area contributed by atoms with Gasteiger partial charge in [0.2, 0.25) is 5.88 Å². The summed E-state index contributed by atoms with van der Waals surface area (Å²) in [6.45, 7) is 6.40. The van der Waals surface area contributed by atoms with Crippen LogP contribution < -0.4 is 9.47 Å².